The van der Waals surface area contributed by atoms with E-state index >= 15 is 0 Å². The smallest absolute Gasteiger partial charge is 0.227 e. The molecule has 1 saturated carbocycles. The second-order valence-electron chi connectivity index (χ2n) is 9.46. The number of aromatic nitrogens is 6. The van der Waals surface area contributed by atoms with Crippen LogP contribution < -0.4 is 5.32 Å². The monoisotopic (exact) mass is 485 g/mol. The number of aromatic amines is 2. The Morgan fingerprint density at radius 2 is 1.73 bits per heavy atom. The van der Waals surface area contributed by atoms with Crippen LogP contribution >= 0.6 is 0 Å². The number of rotatable bonds is 5. The van der Waals surface area contributed by atoms with E-state index in [-0.39, 0.29) is 11.8 Å². The number of hydrogen-bond donors (Lipinski definition) is 3. The van der Waals surface area contributed by atoms with Crippen LogP contribution in [0.3, 0.4) is 0 Å². The highest BCUT2D eigenvalue weighted by Gasteiger charge is 2.25. The standard InChI is InChI=1S/C29H23N7O/c37-29(17-3-1-4-17)33-21-11-20(15-31-16-21)18-6-7-25-22(12-18)28(36-35-25)26-13-23-24(34-26)8-10-32-27(23)19-5-2-9-30-14-19/h2,5-17,34H,1,3-4H2,(H,33,37)(H,35,36). The molecule has 0 aliphatic heterocycles. The van der Waals surface area contributed by atoms with Gasteiger partial charge in [0.2, 0.25) is 5.91 Å². The zero-order valence-corrected chi connectivity index (χ0v) is 19.9. The fourth-order valence-corrected chi connectivity index (χ4v) is 4.89. The predicted molar refractivity (Wildman–Crippen MR) is 144 cm³/mol. The molecule has 0 saturated heterocycles. The van der Waals surface area contributed by atoms with E-state index in [4.69, 9.17) is 0 Å². The number of benzene rings is 1. The Bertz CT molecular complexity index is 1770. The van der Waals surface area contributed by atoms with Crippen molar-refractivity contribution in [3.05, 3.63) is 79.5 Å². The number of carbonyl (C=O) groups is 1. The summed E-state index contributed by atoms with van der Waals surface area (Å²) >= 11 is 0. The van der Waals surface area contributed by atoms with Crippen molar-refractivity contribution in [3.8, 4) is 33.8 Å². The lowest BCUT2D eigenvalue weighted by molar-refractivity contribution is -0.122. The number of H-pyrrole nitrogens is 2. The minimum atomic E-state index is 0.0803. The fraction of sp³-hybridized carbons (Fsp3) is 0.138. The van der Waals surface area contributed by atoms with Gasteiger partial charge in [-0.25, -0.2) is 0 Å². The number of amides is 1. The minimum absolute atomic E-state index is 0.0803. The molecular formula is C29H23N7O. The molecule has 0 atom stereocenters. The minimum Gasteiger partial charge on any atom is -0.353 e. The van der Waals surface area contributed by atoms with Gasteiger partial charge in [-0.15, -0.1) is 0 Å². The van der Waals surface area contributed by atoms with Crippen molar-refractivity contribution in [2.75, 3.05) is 5.32 Å². The van der Waals surface area contributed by atoms with Crippen LogP contribution in [0.2, 0.25) is 0 Å². The van der Waals surface area contributed by atoms with Crippen LogP contribution in [0.5, 0.6) is 0 Å². The third kappa shape index (κ3) is 3.83. The predicted octanol–water partition coefficient (Wildman–Crippen LogP) is 5.97. The maximum absolute atomic E-state index is 12.4. The topological polar surface area (TPSA) is 112 Å². The molecule has 8 heteroatoms. The van der Waals surface area contributed by atoms with Crippen LogP contribution in [0.1, 0.15) is 19.3 Å². The molecule has 0 radical (unpaired) electrons. The van der Waals surface area contributed by atoms with Crippen molar-refractivity contribution in [3.63, 3.8) is 0 Å². The van der Waals surface area contributed by atoms with Gasteiger partial charge in [0.1, 0.15) is 5.69 Å². The molecule has 1 aliphatic carbocycles. The molecule has 37 heavy (non-hydrogen) atoms. The zero-order valence-electron chi connectivity index (χ0n) is 19.9. The number of nitrogens with zero attached hydrogens (tertiary/aromatic N) is 4. The van der Waals surface area contributed by atoms with Gasteiger partial charge in [-0.2, -0.15) is 5.10 Å². The zero-order chi connectivity index (χ0) is 24.8. The molecule has 0 spiro atoms. The van der Waals surface area contributed by atoms with Crippen LogP contribution in [-0.4, -0.2) is 36.0 Å². The average Bonchev–Trinajstić information content (AvgIpc) is 3.52. The highest BCUT2D eigenvalue weighted by atomic mass is 16.1. The number of anilines is 1. The van der Waals surface area contributed by atoms with E-state index in [1.807, 2.05) is 48.8 Å². The normalized spacial score (nSPS) is 13.6. The highest BCUT2D eigenvalue weighted by Crippen LogP contribution is 2.35. The lowest BCUT2D eigenvalue weighted by atomic mass is 9.85. The van der Waals surface area contributed by atoms with Crippen molar-refractivity contribution >= 4 is 33.4 Å². The molecule has 5 heterocycles. The van der Waals surface area contributed by atoms with E-state index in [9.17, 15) is 4.79 Å². The highest BCUT2D eigenvalue weighted by molar-refractivity contribution is 6.01. The van der Waals surface area contributed by atoms with Crippen LogP contribution in [0, 0.1) is 5.92 Å². The lowest BCUT2D eigenvalue weighted by Crippen LogP contribution is -2.28. The second kappa shape index (κ2) is 8.67. The Labute approximate surface area is 212 Å². The van der Waals surface area contributed by atoms with Gasteiger partial charge in [0, 0.05) is 58.1 Å². The summed E-state index contributed by atoms with van der Waals surface area (Å²) in [5.74, 6) is 0.204. The Kier molecular flexibility index (Phi) is 5.02. The number of pyridine rings is 3. The van der Waals surface area contributed by atoms with Crippen molar-refractivity contribution in [1.82, 2.24) is 30.1 Å². The van der Waals surface area contributed by atoms with E-state index in [1.54, 1.807) is 18.6 Å². The third-order valence-electron chi connectivity index (χ3n) is 7.12. The Balaban J connectivity index is 1.26. The van der Waals surface area contributed by atoms with Gasteiger partial charge in [0.05, 0.1) is 28.8 Å². The molecule has 0 unspecified atom stereocenters. The number of nitrogens with one attached hydrogen (secondary N) is 3. The molecule has 1 amide bonds. The lowest BCUT2D eigenvalue weighted by Gasteiger charge is -2.24. The first kappa shape index (κ1) is 21.4. The molecule has 180 valence electrons. The molecule has 7 rings (SSSR count). The van der Waals surface area contributed by atoms with Gasteiger partial charge in [-0.1, -0.05) is 12.5 Å². The summed E-state index contributed by atoms with van der Waals surface area (Å²) < 4.78 is 0. The van der Waals surface area contributed by atoms with Gasteiger partial charge in [0.15, 0.2) is 0 Å². The van der Waals surface area contributed by atoms with Gasteiger partial charge in [0.25, 0.3) is 0 Å². The van der Waals surface area contributed by atoms with Gasteiger partial charge < -0.3 is 10.3 Å². The first-order valence-corrected chi connectivity index (χ1v) is 12.4. The van der Waals surface area contributed by atoms with Gasteiger partial charge >= 0.3 is 0 Å². The van der Waals surface area contributed by atoms with Crippen LogP contribution in [0.25, 0.3) is 55.6 Å². The summed E-state index contributed by atoms with van der Waals surface area (Å²) in [6.45, 7) is 0. The Hall–Kier alpha value is -4.85. The molecule has 1 aliphatic rings. The quantitative estimate of drug-likeness (QED) is 0.279. The number of hydrogen-bond acceptors (Lipinski definition) is 5. The fourth-order valence-electron chi connectivity index (χ4n) is 4.89. The van der Waals surface area contributed by atoms with Crippen LogP contribution in [0.15, 0.2) is 79.5 Å². The Morgan fingerprint density at radius 3 is 2.57 bits per heavy atom. The molecule has 0 bridgehead atoms. The maximum atomic E-state index is 12.4. The summed E-state index contributed by atoms with van der Waals surface area (Å²) in [5, 5.41) is 12.8. The number of fused-ring (bicyclic) bond motifs is 2. The van der Waals surface area contributed by atoms with E-state index in [2.05, 4.69) is 47.6 Å². The Morgan fingerprint density at radius 1 is 0.838 bits per heavy atom. The summed E-state index contributed by atoms with van der Waals surface area (Å²) in [4.78, 5) is 29.2. The average molecular weight is 486 g/mol. The van der Waals surface area contributed by atoms with Crippen LogP contribution in [0.4, 0.5) is 5.69 Å². The van der Waals surface area contributed by atoms with E-state index < -0.39 is 0 Å². The number of carbonyl (C=O) groups excluding carboxylic acids is 1. The van der Waals surface area contributed by atoms with Crippen molar-refractivity contribution in [1.29, 1.82) is 0 Å². The molecule has 8 nitrogen and oxygen atoms in total. The van der Waals surface area contributed by atoms with Gasteiger partial charge in [-0.05, 0) is 60.9 Å². The van der Waals surface area contributed by atoms with E-state index in [0.29, 0.717) is 5.69 Å². The molecule has 1 fully saturated rings. The summed E-state index contributed by atoms with van der Waals surface area (Å²) in [5.41, 5.74) is 8.12. The second-order valence-corrected chi connectivity index (χ2v) is 9.46. The maximum Gasteiger partial charge on any atom is 0.227 e. The first-order valence-electron chi connectivity index (χ1n) is 12.4. The molecule has 6 aromatic rings. The van der Waals surface area contributed by atoms with Crippen molar-refractivity contribution < 1.29 is 4.79 Å². The first-order chi connectivity index (χ1) is 18.2. The largest absolute Gasteiger partial charge is 0.353 e. The van der Waals surface area contributed by atoms with Crippen molar-refractivity contribution in [2.45, 2.75) is 19.3 Å². The molecule has 1 aromatic carbocycles. The molecule has 3 N–H and O–H groups in total. The van der Waals surface area contributed by atoms with Crippen molar-refractivity contribution in [2.24, 2.45) is 5.92 Å². The third-order valence-corrected chi connectivity index (χ3v) is 7.12. The van der Waals surface area contributed by atoms with Crippen LogP contribution in [-0.2, 0) is 4.79 Å². The summed E-state index contributed by atoms with van der Waals surface area (Å²) in [6, 6.07) is 16.1. The summed E-state index contributed by atoms with van der Waals surface area (Å²) in [6.07, 6.45) is 11.9. The van der Waals surface area contributed by atoms with Gasteiger partial charge in [-0.3, -0.25) is 24.8 Å². The van der Waals surface area contributed by atoms with E-state index in [1.165, 1.54) is 0 Å². The van der Waals surface area contributed by atoms with E-state index in [0.717, 1.165) is 74.8 Å². The SMILES string of the molecule is O=C(Nc1cncc(-c2ccc3[nH]nc(-c4cc5c(-c6cccnc6)nccc5[nH]4)c3c2)c1)C1CCC1. The molecule has 5 aromatic heterocycles. The molecular weight excluding hydrogens is 462 g/mol. The summed E-state index contributed by atoms with van der Waals surface area (Å²) in [7, 11) is 0.